The van der Waals surface area contributed by atoms with Crippen molar-refractivity contribution in [3.8, 4) is 0 Å². The van der Waals surface area contributed by atoms with Crippen molar-refractivity contribution in [3.05, 3.63) is 76.6 Å². The van der Waals surface area contributed by atoms with E-state index >= 15 is 0 Å². The smallest absolute Gasteiger partial charge is 0.333 e. The van der Waals surface area contributed by atoms with Crippen LogP contribution >= 0.6 is 8.60 Å². The highest BCUT2D eigenvalue weighted by atomic mass is 31.2. The second-order valence-electron chi connectivity index (χ2n) is 14.8. The van der Waals surface area contributed by atoms with Gasteiger partial charge in [-0.2, -0.15) is 0 Å². The second-order valence-corrected chi connectivity index (χ2v) is 20.7. The monoisotopic (exact) mass is 751 g/mol. The van der Waals surface area contributed by atoms with Crippen molar-refractivity contribution in [2.24, 2.45) is 0 Å². The zero-order valence-electron chi connectivity index (χ0n) is 31.4. The summed E-state index contributed by atoms with van der Waals surface area (Å²) in [5.74, 6) is 0. The van der Waals surface area contributed by atoms with Gasteiger partial charge in [-0.1, -0.05) is 41.5 Å². The van der Waals surface area contributed by atoms with E-state index in [1.807, 2.05) is 20.8 Å². The van der Waals surface area contributed by atoms with Crippen LogP contribution in [-0.4, -0.2) is 70.6 Å². The van der Waals surface area contributed by atoms with E-state index in [0.29, 0.717) is 36.8 Å². The standard InChI is InChI=1S/C34H54N5O10PSi/c1-12-23-24(17-26(45-23)38-19-21(4)29(40)36-31(38)42)47-50(44-16-15-35-9)49-34(13-2,14-3)28-25(48-51(10,11)33(6,7)8)18-27(46-28)39-20-22(5)30(41)37-32(39)43/h19-20,23-28H,12-18H2,1-8,10-11H3,(H,36,40,42)(H,37,41,43)/t23-,24-,25-,26-,27-,28+,50?/m1/s1. The molecule has 4 heterocycles. The molecule has 2 saturated heterocycles. The number of rotatable bonds is 15. The van der Waals surface area contributed by atoms with E-state index in [1.165, 1.54) is 21.5 Å². The number of hydrogen-bond donors (Lipinski definition) is 2. The first kappa shape index (κ1) is 41.0. The zero-order chi connectivity index (χ0) is 37.9. The van der Waals surface area contributed by atoms with E-state index in [4.69, 9.17) is 34.0 Å². The number of ether oxygens (including phenoxy) is 2. The number of aromatic nitrogens is 4. The average molecular weight is 752 g/mol. The maximum atomic E-state index is 13.0. The summed E-state index contributed by atoms with van der Waals surface area (Å²) in [5.41, 5.74) is -2.32. The fourth-order valence-corrected chi connectivity index (χ4v) is 9.04. The summed E-state index contributed by atoms with van der Waals surface area (Å²) in [6.45, 7) is 27.4. The van der Waals surface area contributed by atoms with Crippen LogP contribution in [-0.2, 0) is 27.5 Å². The molecule has 1 unspecified atom stereocenters. The number of nitrogens with zero attached hydrogens (tertiary/aromatic N) is 3. The Morgan fingerprint density at radius 1 is 0.922 bits per heavy atom. The molecule has 0 radical (unpaired) electrons. The topological polar surface area (TPSA) is 169 Å². The third-order valence-corrected chi connectivity index (χ3v) is 16.3. The van der Waals surface area contributed by atoms with Gasteiger partial charge in [0.1, 0.15) is 30.8 Å². The summed E-state index contributed by atoms with van der Waals surface area (Å²) in [4.78, 5) is 58.2. The molecule has 2 aromatic heterocycles. The molecule has 0 aliphatic carbocycles. The van der Waals surface area contributed by atoms with E-state index in [2.05, 4.69) is 48.7 Å². The van der Waals surface area contributed by atoms with Crippen LogP contribution in [0.2, 0.25) is 18.1 Å². The molecule has 0 saturated carbocycles. The summed E-state index contributed by atoms with van der Waals surface area (Å²) in [6.07, 6.45) is 1.61. The van der Waals surface area contributed by atoms with Crippen molar-refractivity contribution in [1.82, 2.24) is 19.1 Å². The zero-order valence-corrected chi connectivity index (χ0v) is 33.3. The van der Waals surface area contributed by atoms with Crippen LogP contribution in [0.4, 0.5) is 0 Å². The fourth-order valence-electron chi connectivity index (χ4n) is 6.22. The quantitative estimate of drug-likeness (QED) is 0.107. The molecule has 0 amide bonds. The molecule has 2 aliphatic heterocycles. The molecule has 4 rings (SSSR count). The summed E-state index contributed by atoms with van der Waals surface area (Å²) in [6, 6.07) is 0. The summed E-state index contributed by atoms with van der Waals surface area (Å²) < 4.78 is 42.5. The predicted octanol–water partition coefficient (Wildman–Crippen LogP) is 5.20. The predicted molar refractivity (Wildman–Crippen MR) is 195 cm³/mol. The van der Waals surface area contributed by atoms with Crippen molar-refractivity contribution in [1.29, 1.82) is 0 Å². The van der Waals surface area contributed by atoms with Crippen molar-refractivity contribution < 1.29 is 27.5 Å². The minimum absolute atomic E-state index is 0.0647. The second kappa shape index (κ2) is 16.5. The third kappa shape index (κ3) is 9.08. The molecular weight excluding hydrogens is 697 g/mol. The van der Waals surface area contributed by atoms with E-state index in [-0.39, 0.29) is 24.6 Å². The highest BCUT2D eigenvalue weighted by molar-refractivity contribution is 7.41. The first-order chi connectivity index (χ1) is 23.9. The number of H-pyrrole nitrogens is 2. The Morgan fingerprint density at radius 3 is 1.94 bits per heavy atom. The molecule has 2 aliphatic rings. The van der Waals surface area contributed by atoms with Gasteiger partial charge in [-0.15, -0.1) is 0 Å². The van der Waals surface area contributed by atoms with Gasteiger partial charge < -0.3 is 32.3 Å². The average Bonchev–Trinajstić information content (AvgIpc) is 3.66. The number of aromatic amines is 2. The largest absolute Gasteiger partial charge is 0.411 e. The minimum Gasteiger partial charge on any atom is -0.411 e. The van der Waals surface area contributed by atoms with Crippen molar-refractivity contribution in [3.63, 3.8) is 0 Å². The summed E-state index contributed by atoms with van der Waals surface area (Å²) >= 11 is 0. The Labute approximate surface area is 300 Å². The van der Waals surface area contributed by atoms with Gasteiger partial charge in [0.05, 0.1) is 18.3 Å². The number of hydrogen-bond acceptors (Lipinski definition) is 10. The Kier molecular flexibility index (Phi) is 13.3. The van der Waals surface area contributed by atoms with Gasteiger partial charge in [-0.05, 0) is 51.2 Å². The Balaban J connectivity index is 1.70. The normalized spacial score (nSPS) is 24.9. The van der Waals surface area contributed by atoms with Crippen molar-refractivity contribution >= 4 is 16.9 Å². The van der Waals surface area contributed by atoms with Crippen LogP contribution in [0, 0.1) is 20.4 Å². The molecule has 2 fully saturated rings. The number of aryl methyl sites for hydroxylation is 2. The number of nitrogens with one attached hydrogen (secondary N) is 2. The van der Waals surface area contributed by atoms with Gasteiger partial charge in [-0.3, -0.25) is 28.7 Å². The molecule has 2 N–H and O–H groups in total. The van der Waals surface area contributed by atoms with Gasteiger partial charge in [0.15, 0.2) is 8.32 Å². The molecule has 2 aromatic rings. The van der Waals surface area contributed by atoms with Gasteiger partial charge in [0.2, 0.25) is 6.54 Å². The first-order valence-corrected chi connectivity index (χ1v) is 21.7. The van der Waals surface area contributed by atoms with Crippen molar-refractivity contribution in [2.75, 3.05) is 13.2 Å². The molecule has 0 bridgehead atoms. The first-order valence-electron chi connectivity index (χ1n) is 17.6. The minimum atomic E-state index is -2.38. The van der Waals surface area contributed by atoms with Crippen LogP contribution in [0.5, 0.6) is 0 Å². The Hall–Kier alpha value is -2.74. The van der Waals surface area contributed by atoms with E-state index in [9.17, 15) is 19.2 Å². The van der Waals surface area contributed by atoms with Gasteiger partial charge in [0, 0.05) is 36.4 Å². The summed E-state index contributed by atoms with van der Waals surface area (Å²) in [5, 5.41) is -0.123. The maximum absolute atomic E-state index is 13.0. The molecule has 7 atom stereocenters. The maximum Gasteiger partial charge on any atom is 0.333 e. The van der Waals surface area contributed by atoms with Gasteiger partial charge >= 0.3 is 20.0 Å². The van der Waals surface area contributed by atoms with E-state index in [0.717, 1.165) is 0 Å². The lowest BCUT2D eigenvalue weighted by Crippen LogP contribution is -2.53. The van der Waals surface area contributed by atoms with Crippen molar-refractivity contribution in [2.45, 2.75) is 148 Å². The lowest BCUT2D eigenvalue weighted by atomic mass is 9.87. The molecule has 284 valence electrons. The van der Waals surface area contributed by atoms with Crippen LogP contribution < -0.4 is 22.5 Å². The molecule has 17 heteroatoms. The highest BCUT2D eigenvalue weighted by Crippen LogP contribution is 2.54. The molecule has 51 heavy (non-hydrogen) atoms. The third-order valence-electron chi connectivity index (χ3n) is 10.4. The fraction of sp³-hybridized carbons (Fsp3) is 0.735. The molecule has 15 nitrogen and oxygen atoms in total. The molecule has 0 spiro atoms. The Morgan fingerprint density at radius 2 is 1.45 bits per heavy atom. The molecular formula is C34H54N5O10PSi. The van der Waals surface area contributed by atoms with Gasteiger partial charge in [0.25, 0.3) is 11.1 Å². The molecule has 0 aromatic carbocycles. The van der Waals surface area contributed by atoms with E-state index in [1.54, 1.807) is 13.8 Å². The van der Waals surface area contributed by atoms with Crippen LogP contribution in [0.3, 0.4) is 0 Å². The lowest BCUT2D eigenvalue weighted by Gasteiger charge is -2.44. The van der Waals surface area contributed by atoms with Gasteiger partial charge in [-0.25, -0.2) is 16.2 Å². The van der Waals surface area contributed by atoms with E-state index < -0.39 is 81.9 Å². The van der Waals surface area contributed by atoms with Crippen LogP contribution in [0.1, 0.15) is 97.2 Å². The Bertz CT molecular complexity index is 1790. The highest BCUT2D eigenvalue weighted by Gasteiger charge is 2.54. The lowest BCUT2D eigenvalue weighted by molar-refractivity contribution is -0.136. The van der Waals surface area contributed by atoms with Crippen LogP contribution in [0.15, 0.2) is 31.6 Å². The SMILES string of the molecule is [C-]#[N+]CCOP(O[C@@H]1C[C@H](n2cc(C)c(=O)[nH]c2=O)O[C@@H]1CC)OC(CC)(CC)[C@H]1O[C@@H](n2cc(C)c(=O)[nH]c2=O)C[C@H]1O[Si](C)(C)C(C)(C)C. The van der Waals surface area contributed by atoms with Crippen LogP contribution in [0.25, 0.3) is 4.85 Å². The summed E-state index contributed by atoms with van der Waals surface area (Å²) in [7, 11) is -4.49.